The maximum absolute atomic E-state index is 14.6. The standard InChI is InChI=1S/C21H19F3N2O2S/c1-12(2)26(3)21(27)19-11-29-20(25-19)16-6-5-15(9-18(16)24)28-10-13-8-14(22)4-7-17(13)23/h4-9,11-12H,10H2,1-3H3. The fourth-order valence-electron chi connectivity index (χ4n) is 2.48. The molecule has 0 saturated carbocycles. The first kappa shape index (κ1) is 20.9. The SMILES string of the molecule is CC(C)N(C)C(=O)c1csc(-c2ccc(OCc3cc(F)ccc3F)cc2F)n1. The number of ether oxygens (including phenoxy) is 1. The van der Waals surface area contributed by atoms with Crippen molar-refractivity contribution >= 4 is 17.2 Å². The molecule has 1 amide bonds. The van der Waals surface area contributed by atoms with Crippen molar-refractivity contribution in [2.45, 2.75) is 26.5 Å². The number of carbonyl (C=O) groups excluding carboxylic acids is 1. The molecule has 3 rings (SSSR count). The molecule has 0 N–H and O–H groups in total. The maximum Gasteiger partial charge on any atom is 0.273 e. The van der Waals surface area contributed by atoms with Gasteiger partial charge in [0.1, 0.15) is 40.5 Å². The van der Waals surface area contributed by atoms with Crippen LogP contribution in [0.3, 0.4) is 0 Å². The van der Waals surface area contributed by atoms with E-state index in [9.17, 15) is 18.0 Å². The molecule has 1 heterocycles. The van der Waals surface area contributed by atoms with E-state index in [-0.39, 0.29) is 41.1 Å². The van der Waals surface area contributed by atoms with E-state index in [2.05, 4.69) is 4.98 Å². The van der Waals surface area contributed by atoms with Gasteiger partial charge in [-0.1, -0.05) is 0 Å². The highest BCUT2D eigenvalue weighted by molar-refractivity contribution is 7.13. The van der Waals surface area contributed by atoms with Crippen LogP contribution in [-0.2, 0) is 6.61 Å². The highest BCUT2D eigenvalue weighted by Crippen LogP contribution is 2.29. The Morgan fingerprint density at radius 3 is 2.59 bits per heavy atom. The Morgan fingerprint density at radius 1 is 1.14 bits per heavy atom. The third-order valence-electron chi connectivity index (χ3n) is 4.39. The first-order valence-corrected chi connectivity index (χ1v) is 9.73. The molecule has 0 bridgehead atoms. The number of hydrogen-bond donors (Lipinski definition) is 0. The molecule has 0 aliphatic heterocycles. The molecule has 0 aliphatic rings. The molecule has 0 saturated heterocycles. The third-order valence-corrected chi connectivity index (χ3v) is 5.27. The van der Waals surface area contributed by atoms with Crippen LogP contribution in [0.15, 0.2) is 41.8 Å². The van der Waals surface area contributed by atoms with Crippen molar-refractivity contribution in [2.75, 3.05) is 7.05 Å². The Labute approximate surface area is 170 Å². The van der Waals surface area contributed by atoms with Crippen LogP contribution in [-0.4, -0.2) is 28.9 Å². The number of aromatic nitrogens is 1. The number of amides is 1. The van der Waals surface area contributed by atoms with Crippen LogP contribution in [0.2, 0.25) is 0 Å². The van der Waals surface area contributed by atoms with Gasteiger partial charge in [0.25, 0.3) is 5.91 Å². The first-order chi connectivity index (χ1) is 13.8. The average Bonchev–Trinajstić information content (AvgIpc) is 3.17. The number of hydrogen-bond acceptors (Lipinski definition) is 4. The number of carbonyl (C=O) groups is 1. The number of halogens is 3. The molecule has 2 aromatic carbocycles. The number of benzene rings is 2. The van der Waals surface area contributed by atoms with Gasteiger partial charge in [0.05, 0.1) is 0 Å². The first-order valence-electron chi connectivity index (χ1n) is 8.85. The van der Waals surface area contributed by atoms with Crippen molar-refractivity contribution in [2.24, 2.45) is 0 Å². The van der Waals surface area contributed by atoms with Crippen molar-refractivity contribution in [3.8, 4) is 16.3 Å². The topological polar surface area (TPSA) is 42.4 Å². The summed E-state index contributed by atoms with van der Waals surface area (Å²) in [5.74, 6) is -1.84. The summed E-state index contributed by atoms with van der Waals surface area (Å²) in [4.78, 5) is 18.1. The zero-order chi connectivity index (χ0) is 21.1. The van der Waals surface area contributed by atoms with Gasteiger partial charge in [0, 0.05) is 35.7 Å². The summed E-state index contributed by atoms with van der Waals surface area (Å²) in [5, 5.41) is 1.96. The molecule has 0 aliphatic carbocycles. The minimum absolute atomic E-state index is 0.0174. The van der Waals surface area contributed by atoms with Gasteiger partial charge in [-0.3, -0.25) is 4.79 Å². The Bertz CT molecular complexity index is 1040. The van der Waals surface area contributed by atoms with E-state index in [0.29, 0.717) is 5.01 Å². The van der Waals surface area contributed by atoms with Crippen LogP contribution in [0.1, 0.15) is 29.9 Å². The normalized spacial score (nSPS) is 11.0. The van der Waals surface area contributed by atoms with Crippen molar-refractivity contribution in [3.05, 3.63) is 70.5 Å². The van der Waals surface area contributed by atoms with Gasteiger partial charge in [-0.15, -0.1) is 11.3 Å². The van der Waals surface area contributed by atoms with E-state index in [1.165, 1.54) is 12.1 Å². The highest BCUT2D eigenvalue weighted by Gasteiger charge is 2.19. The molecule has 0 fully saturated rings. The van der Waals surface area contributed by atoms with Gasteiger partial charge in [0.15, 0.2) is 0 Å². The van der Waals surface area contributed by atoms with Gasteiger partial charge in [-0.05, 0) is 44.2 Å². The van der Waals surface area contributed by atoms with Gasteiger partial charge >= 0.3 is 0 Å². The predicted octanol–water partition coefficient (Wildman–Crippen LogP) is 5.29. The molecule has 1 aromatic heterocycles. The number of thiazole rings is 1. The van der Waals surface area contributed by atoms with Gasteiger partial charge in [-0.25, -0.2) is 18.2 Å². The van der Waals surface area contributed by atoms with Crippen LogP contribution in [0.25, 0.3) is 10.6 Å². The van der Waals surface area contributed by atoms with Crippen LogP contribution in [0.4, 0.5) is 13.2 Å². The minimum atomic E-state index is -0.602. The lowest BCUT2D eigenvalue weighted by Crippen LogP contribution is -2.33. The minimum Gasteiger partial charge on any atom is -0.489 e. The van der Waals surface area contributed by atoms with Crippen molar-refractivity contribution < 1.29 is 22.7 Å². The molecule has 8 heteroatoms. The molecule has 0 spiro atoms. The highest BCUT2D eigenvalue weighted by atomic mass is 32.1. The van der Waals surface area contributed by atoms with Gasteiger partial charge in [0.2, 0.25) is 0 Å². The van der Waals surface area contributed by atoms with Crippen LogP contribution in [0, 0.1) is 17.5 Å². The summed E-state index contributed by atoms with van der Waals surface area (Å²) in [6.45, 7) is 3.54. The quantitative estimate of drug-likeness (QED) is 0.544. The molecule has 0 radical (unpaired) electrons. The monoisotopic (exact) mass is 420 g/mol. The van der Waals surface area contributed by atoms with Crippen LogP contribution < -0.4 is 4.74 Å². The summed E-state index contributed by atoms with van der Waals surface area (Å²) in [7, 11) is 1.68. The molecular weight excluding hydrogens is 401 g/mol. The Morgan fingerprint density at radius 2 is 1.90 bits per heavy atom. The molecular formula is C21H19F3N2O2S. The number of nitrogens with zero attached hydrogens (tertiary/aromatic N) is 2. The Hall–Kier alpha value is -2.87. The van der Waals surface area contributed by atoms with Gasteiger partial charge in [-0.2, -0.15) is 0 Å². The molecule has 152 valence electrons. The lowest BCUT2D eigenvalue weighted by molar-refractivity contribution is 0.0750. The van der Waals surface area contributed by atoms with Crippen molar-refractivity contribution in [1.82, 2.24) is 9.88 Å². The second-order valence-corrected chi connectivity index (χ2v) is 7.57. The van der Waals surface area contributed by atoms with Gasteiger partial charge < -0.3 is 9.64 Å². The summed E-state index contributed by atoms with van der Waals surface area (Å²) in [5.41, 5.74) is 0.514. The van der Waals surface area contributed by atoms with Crippen molar-refractivity contribution in [3.63, 3.8) is 0 Å². The largest absolute Gasteiger partial charge is 0.489 e. The van der Waals surface area contributed by atoms with E-state index in [4.69, 9.17) is 4.74 Å². The van der Waals surface area contributed by atoms with Crippen molar-refractivity contribution in [1.29, 1.82) is 0 Å². The van der Waals surface area contributed by atoms with Crippen LogP contribution in [0.5, 0.6) is 5.75 Å². The smallest absolute Gasteiger partial charge is 0.273 e. The zero-order valence-corrected chi connectivity index (χ0v) is 16.9. The third kappa shape index (κ3) is 4.76. The lowest BCUT2D eigenvalue weighted by atomic mass is 10.2. The fourth-order valence-corrected chi connectivity index (χ4v) is 3.31. The summed E-state index contributed by atoms with van der Waals surface area (Å²) >= 11 is 1.16. The second kappa shape index (κ2) is 8.65. The average molecular weight is 420 g/mol. The Balaban J connectivity index is 1.75. The fraction of sp³-hybridized carbons (Fsp3) is 0.238. The molecule has 0 unspecified atom stereocenters. The lowest BCUT2D eigenvalue weighted by Gasteiger charge is -2.20. The van der Waals surface area contributed by atoms with E-state index in [1.54, 1.807) is 17.3 Å². The maximum atomic E-state index is 14.6. The van der Waals surface area contributed by atoms with Crippen LogP contribution >= 0.6 is 11.3 Å². The number of rotatable bonds is 6. The van der Waals surface area contributed by atoms with E-state index in [0.717, 1.165) is 35.6 Å². The van der Waals surface area contributed by atoms with E-state index >= 15 is 0 Å². The second-order valence-electron chi connectivity index (χ2n) is 6.71. The van der Waals surface area contributed by atoms with E-state index in [1.807, 2.05) is 13.8 Å². The zero-order valence-electron chi connectivity index (χ0n) is 16.1. The summed E-state index contributed by atoms with van der Waals surface area (Å²) in [6, 6.07) is 7.21. The molecule has 0 atom stereocenters. The Kier molecular flexibility index (Phi) is 6.22. The summed E-state index contributed by atoms with van der Waals surface area (Å²) in [6.07, 6.45) is 0. The summed E-state index contributed by atoms with van der Waals surface area (Å²) < 4.78 is 46.8. The molecule has 4 nitrogen and oxygen atoms in total. The predicted molar refractivity (Wildman–Crippen MR) is 105 cm³/mol. The molecule has 29 heavy (non-hydrogen) atoms. The molecule has 3 aromatic rings. The van der Waals surface area contributed by atoms with E-state index < -0.39 is 17.5 Å².